The molecule has 0 saturated carbocycles. The average molecular weight is 194 g/mol. The minimum atomic E-state index is 0.443. The van der Waals surface area contributed by atoms with Crippen LogP contribution in [0.25, 0.3) is 0 Å². The number of hydrogen-bond acceptors (Lipinski definition) is 2. The van der Waals surface area contributed by atoms with E-state index in [4.69, 9.17) is 0 Å². The summed E-state index contributed by atoms with van der Waals surface area (Å²) in [4.78, 5) is 4.36. The number of aryl methyl sites for hydroxylation is 2. The van der Waals surface area contributed by atoms with Crippen molar-refractivity contribution in [1.82, 2.24) is 4.98 Å². The summed E-state index contributed by atoms with van der Waals surface area (Å²) >= 11 is 0. The van der Waals surface area contributed by atoms with Crippen molar-refractivity contribution in [2.75, 3.05) is 5.32 Å². The SMILES string of the molecule is CC.Cc1cc(C)nc(NC(C)C)c1. The van der Waals surface area contributed by atoms with Gasteiger partial charge in [-0.15, -0.1) is 0 Å². The molecule has 0 fully saturated rings. The Morgan fingerprint density at radius 1 is 1.14 bits per heavy atom. The molecule has 0 amide bonds. The quantitative estimate of drug-likeness (QED) is 0.779. The summed E-state index contributed by atoms with van der Waals surface area (Å²) in [6.07, 6.45) is 0. The van der Waals surface area contributed by atoms with Crippen molar-refractivity contribution in [2.45, 2.75) is 47.6 Å². The first-order chi connectivity index (χ1) is 6.58. The minimum absolute atomic E-state index is 0.443. The fourth-order valence-electron chi connectivity index (χ4n) is 1.21. The predicted molar refractivity (Wildman–Crippen MR) is 63.8 cm³/mol. The molecule has 1 heterocycles. The zero-order valence-electron chi connectivity index (χ0n) is 10.2. The lowest BCUT2D eigenvalue weighted by molar-refractivity contribution is 0.886. The van der Waals surface area contributed by atoms with Gasteiger partial charge in [-0.25, -0.2) is 4.98 Å². The Morgan fingerprint density at radius 3 is 2.14 bits per heavy atom. The van der Waals surface area contributed by atoms with Crippen LogP contribution in [0.5, 0.6) is 0 Å². The monoisotopic (exact) mass is 194 g/mol. The topological polar surface area (TPSA) is 24.9 Å². The molecular formula is C12H22N2. The zero-order valence-corrected chi connectivity index (χ0v) is 10.2. The average Bonchev–Trinajstić information content (AvgIpc) is 2.04. The Bertz CT molecular complexity index is 247. The molecule has 14 heavy (non-hydrogen) atoms. The van der Waals surface area contributed by atoms with E-state index in [0.29, 0.717) is 6.04 Å². The third-order valence-electron chi connectivity index (χ3n) is 1.53. The van der Waals surface area contributed by atoms with Crippen molar-refractivity contribution in [3.05, 3.63) is 23.4 Å². The molecule has 1 aromatic rings. The molecule has 0 aromatic carbocycles. The van der Waals surface area contributed by atoms with Gasteiger partial charge in [-0.05, 0) is 45.4 Å². The highest BCUT2D eigenvalue weighted by Crippen LogP contribution is 2.09. The normalized spacial score (nSPS) is 9.36. The summed E-state index contributed by atoms with van der Waals surface area (Å²) in [5, 5.41) is 3.28. The highest BCUT2D eigenvalue weighted by atomic mass is 15.0. The Kier molecular flexibility index (Phi) is 5.93. The Labute approximate surface area is 87.8 Å². The van der Waals surface area contributed by atoms with Crippen LogP contribution in [0.3, 0.4) is 0 Å². The van der Waals surface area contributed by atoms with Crippen LogP contribution in [0.4, 0.5) is 5.82 Å². The molecule has 2 nitrogen and oxygen atoms in total. The molecule has 0 spiro atoms. The highest BCUT2D eigenvalue weighted by Gasteiger charge is 1.97. The lowest BCUT2D eigenvalue weighted by atomic mass is 10.2. The second-order valence-corrected chi connectivity index (χ2v) is 3.47. The number of rotatable bonds is 2. The summed E-state index contributed by atoms with van der Waals surface area (Å²) in [6.45, 7) is 12.3. The Morgan fingerprint density at radius 2 is 1.71 bits per heavy atom. The maximum absolute atomic E-state index is 4.36. The summed E-state index contributed by atoms with van der Waals surface area (Å²) in [7, 11) is 0. The van der Waals surface area contributed by atoms with Crippen LogP contribution in [0, 0.1) is 13.8 Å². The highest BCUT2D eigenvalue weighted by molar-refractivity contribution is 5.39. The molecule has 1 N–H and O–H groups in total. The van der Waals surface area contributed by atoms with Crippen LogP contribution in [0.1, 0.15) is 39.0 Å². The molecule has 1 aromatic heterocycles. The molecule has 0 aliphatic carbocycles. The van der Waals surface area contributed by atoms with Gasteiger partial charge in [0.15, 0.2) is 0 Å². The number of anilines is 1. The summed E-state index contributed by atoms with van der Waals surface area (Å²) < 4.78 is 0. The van der Waals surface area contributed by atoms with Crippen LogP contribution in [-0.4, -0.2) is 11.0 Å². The van der Waals surface area contributed by atoms with E-state index < -0.39 is 0 Å². The van der Waals surface area contributed by atoms with E-state index in [9.17, 15) is 0 Å². The first kappa shape index (κ1) is 12.9. The molecule has 1 rings (SSSR count). The second-order valence-electron chi connectivity index (χ2n) is 3.47. The van der Waals surface area contributed by atoms with Crippen molar-refractivity contribution in [2.24, 2.45) is 0 Å². The van der Waals surface area contributed by atoms with Crippen LogP contribution in [0.2, 0.25) is 0 Å². The number of nitrogens with one attached hydrogen (secondary N) is 1. The Balaban J connectivity index is 0.000000791. The third-order valence-corrected chi connectivity index (χ3v) is 1.53. The van der Waals surface area contributed by atoms with Crippen molar-refractivity contribution in [3.8, 4) is 0 Å². The van der Waals surface area contributed by atoms with Crippen LogP contribution >= 0.6 is 0 Å². The molecule has 0 aliphatic rings. The largest absolute Gasteiger partial charge is 0.368 e. The molecule has 80 valence electrons. The van der Waals surface area contributed by atoms with Gasteiger partial charge in [0.2, 0.25) is 0 Å². The van der Waals surface area contributed by atoms with E-state index >= 15 is 0 Å². The molecular weight excluding hydrogens is 172 g/mol. The van der Waals surface area contributed by atoms with Crippen LogP contribution in [-0.2, 0) is 0 Å². The second kappa shape index (κ2) is 6.41. The molecule has 0 bridgehead atoms. The molecule has 0 radical (unpaired) electrons. The maximum Gasteiger partial charge on any atom is 0.126 e. The standard InChI is InChI=1S/C10H16N2.C2H6/c1-7(2)11-10-6-8(3)5-9(4)12-10;1-2/h5-7H,1-4H3,(H,11,12);1-2H3. The van der Waals surface area contributed by atoms with E-state index in [1.54, 1.807) is 0 Å². The van der Waals surface area contributed by atoms with E-state index in [1.807, 2.05) is 20.8 Å². The van der Waals surface area contributed by atoms with E-state index in [-0.39, 0.29) is 0 Å². The van der Waals surface area contributed by atoms with Crippen molar-refractivity contribution in [1.29, 1.82) is 0 Å². The molecule has 0 unspecified atom stereocenters. The van der Waals surface area contributed by atoms with Gasteiger partial charge in [0.25, 0.3) is 0 Å². The smallest absolute Gasteiger partial charge is 0.126 e. The first-order valence-corrected chi connectivity index (χ1v) is 5.30. The van der Waals surface area contributed by atoms with Gasteiger partial charge in [-0.3, -0.25) is 0 Å². The fourth-order valence-corrected chi connectivity index (χ4v) is 1.21. The molecule has 0 atom stereocenters. The lowest BCUT2D eigenvalue weighted by Crippen LogP contribution is -2.11. The number of pyridine rings is 1. The van der Waals surface area contributed by atoms with E-state index in [1.165, 1.54) is 5.56 Å². The van der Waals surface area contributed by atoms with Crippen molar-refractivity contribution >= 4 is 5.82 Å². The number of hydrogen-bond donors (Lipinski definition) is 1. The number of nitrogens with zero attached hydrogens (tertiary/aromatic N) is 1. The van der Waals surface area contributed by atoms with E-state index in [0.717, 1.165) is 11.5 Å². The predicted octanol–water partition coefficient (Wildman–Crippen LogP) is 3.54. The number of aromatic nitrogens is 1. The molecule has 0 aliphatic heterocycles. The summed E-state index contributed by atoms with van der Waals surface area (Å²) in [5.74, 6) is 0.975. The van der Waals surface area contributed by atoms with Gasteiger partial charge in [-0.1, -0.05) is 13.8 Å². The first-order valence-electron chi connectivity index (χ1n) is 5.30. The summed E-state index contributed by atoms with van der Waals surface area (Å²) in [5.41, 5.74) is 2.32. The minimum Gasteiger partial charge on any atom is -0.368 e. The van der Waals surface area contributed by atoms with Gasteiger partial charge in [0.05, 0.1) is 0 Å². The fraction of sp³-hybridized carbons (Fsp3) is 0.583. The lowest BCUT2D eigenvalue weighted by Gasteiger charge is -2.09. The Hall–Kier alpha value is -1.05. The van der Waals surface area contributed by atoms with Gasteiger partial charge in [0.1, 0.15) is 5.82 Å². The zero-order chi connectivity index (χ0) is 11.1. The van der Waals surface area contributed by atoms with Gasteiger partial charge in [-0.2, -0.15) is 0 Å². The van der Waals surface area contributed by atoms with Crippen molar-refractivity contribution in [3.63, 3.8) is 0 Å². The molecule has 0 saturated heterocycles. The van der Waals surface area contributed by atoms with E-state index in [2.05, 4.69) is 43.2 Å². The summed E-state index contributed by atoms with van der Waals surface area (Å²) in [6, 6.07) is 4.58. The van der Waals surface area contributed by atoms with Crippen LogP contribution in [0.15, 0.2) is 12.1 Å². The van der Waals surface area contributed by atoms with Crippen LogP contribution < -0.4 is 5.32 Å². The third kappa shape index (κ3) is 4.85. The van der Waals surface area contributed by atoms with Gasteiger partial charge in [0, 0.05) is 11.7 Å². The van der Waals surface area contributed by atoms with Gasteiger partial charge >= 0.3 is 0 Å². The molecule has 2 heteroatoms. The van der Waals surface area contributed by atoms with Gasteiger partial charge < -0.3 is 5.32 Å². The van der Waals surface area contributed by atoms with Crippen molar-refractivity contribution < 1.29 is 0 Å². The maximum atomic E-state index is 4.36.